The zero-order valence-corrected chi connectivity index (χ0v) is 15.3. The molecule has 2 aromatic rings. The van der Waals surface area contributed by atoms with Gasteiger partial charge in [0.05, 0.1) is 5.75 Å². The number of aromatic nitrogens is 2. The lowest BCUT2D eigenvalue weighted by atomic mass is 10.1. The monoisotopic (exact) mass is 364 g/mol. The number of anilines is 2. The van der Waals surface area contributed by atoms with Gasteiger partial charge in [-0.1, -0.05) is 36.4 Å². The standard InChI is InChI=1S/C16H20N4O2S2/c1-3-4-9-17-15-19-20-16(24-15)23-10-14(22)18-13-7-5-12(6-8-13)11(2)21/h5-8H,3-4,9-10H2,1-2H3,(H,17,19)(H,18,22). The van der Waals surface area contributed by atoms with Gasteiger partial charge in [-0.05, 0) is 37.6 Å². The van der Waals surface area contributed by atoms with Gasteiger partial charge in [0.15, 0.2) is 10.1 Å². The van der Waals surface area contributed by atoms with Crippen LogP contribution < -0.4 is 10.6 Å². The van der Waals surface area contributed by atoms with Crippen molar-refractivity contribution in [3.05, 3.63) is 29.8 Å². The lowest BCUT2D eigenvalue weighted by Crippen LogP contribution is -2.14. The number of hydrogen-bond acceptors (Lipinski definition) is 7. The maximum absolute atomic E-state index is 12.0. The van der Waals surface area contributed by atoms with E-state index in [4.69, 9.17) is 0 Å². The van der Waals surface area contributed by atoms with Gasteiger partial charge < -0.3 is 10.6 Å². The van der Waals surface area contributed by atoms with Crippen LogP contribution in [0.1, 0.15) is 37.0 Å². The minimum absolute atomic E-state index is 0.00283. The molecule has 0 radical (unpaired) electrons. The first-order valence-electron chi connectivity index (χ1n) is 7.69. The summed E-state index contributed by atoms with van der Waals surface area (Å²) in [5.74, 6) is 0.146. The molecule has 24 heavy (non-hydrogen) atoms. The molecular formula is C16H20N4O2S2. The van der Waals surface area contributed by atoms with E-state index in [1.807, 2.05) is 0 Å². The van der Waals surface area contributed by atoms with Crippen LogP contribution in [0.2, 0.25) is 0 Å². The van der Waals surface area contributed by atoms with Crippen molar-refractivity contribution in [2.24, 2.45) is 0 Å². The second kappa shape index (κ2) is 9.39. The van der Waals surface area contributed by atoms with Gasteiger partial charge in [-0.3, -0.25) is 9.59 Å². The van der Waals surface area contributed by atoms with Gasteiger partial charge in [-0.15, -0.1) is 10.2 Å². The predicted molar refractivity (Wildman–Crippen MR) is 99.1 cm³/mol. The molecule has 1 aromatic carbocycles. The minimum atomic E-state index is -0.119. The molecule has 0 aliphatic carbocycles. The summed E-state index contributed by atoms with van der Waals surface area (Å²) in [6, 6.07) is 6.84. The molecule has 0 atom stereocenters. The molecule has 1 amide bonds. The summed E-state index contributed by atoms with van der Waals surface area (Å²) < 4.78 is 0.760. The third-order valence-electron chi connectivity index (χ3n) is 3.11. The number of benzene rings is 1. The number of carbonyl (C=O) groups excluding carboxylic acids is 2. The number of nitrogens with one attached hydrogen (secondary N) is 2. The van der Waals surface area contributed by atoms with Crippen molar-refractivity contribution in [3.8, 4) is 0 Å². The number of amides is 1. The number of hydrogen-bond donors (Lipinski definition) is 2. The summed E-state index contributed by atoms with van der Waals surface area (Å²) in [6.07, 6.45) is 2.22. The molecule has 0 aliphatic heterocycles. The minimum Gasteiger partial charge on any atom is -0.360 e. The van der Waals surface area contributed by atoms with Gasteiger partial charge in [0.2, 0.25) is 11.0 Å². The average Bonchev–Trinajstić information content (AvgIpc) is 3.02. The first kappa shape index (κ1) is 18.4. The molecule has 2 rings (SSSR count). The molecular weight excluding hydrogens is 344 g/mol. The number of Topliss-reactive ketones (excluding diaryl/α,β-unsaturated/α-hetero) is 1. The number of unbranched alkanes of at least 4 members (excludes halogenated alkanes) is 1. The van der Waals surface area contributed by atoms with E-state index < -0.39 is 0 Å². The van der Waals surface area contributed by atoms with Gasteiger partial charge in [0, 0.05) is 17.8 Å². The summed E-state index contributed by atoms with van der Waals surface area (Å²) in [7, 11) is 0. The van der Waals surface area contributed by atoms with Crippen LogP contribution >= 0.6 is 23.1 Å². The molecule has 0 bridgehead atoms. The van der Waals surface area contributed by atoms with Crippen LogP contribution in [0.25, 0.3) is 0 Å². The zero-order valence-electron chi connectivity index (χ0n) is 13.7. The molecule has 1 aromatic heterocycles. The maximum Gasteiger partial charge on any atom is 0.234 e. The van der Waals surface area contributed by atoms with Crippen LogP contribution in [0, 0.1) is 0 Å². The highest BCUT2D eigenvalue weighted by Gasteiger charge is 2.08. The highest BCUT2D eigenvalue weighted by molar-refractivity contribution is 8.01. The maximum atomic E-state index is 12.0. The summed E-state index contributed by atoms with van der Waals surface area (Å²) in [4.78, 5) is 23.2. The smallest absolute Gasteiger partial charge is 0.234 e. The largest absolute Gasteiger partial charge is 0.360 e. The number of nitrogens with zero attached hydrogens (tertiary/aromatic N) is 2. The molecule has 6 nitrogen and oxygen atoms in total. The lowest BCUT2D eigenvalue weighted by molar-refractivity contribution is -0.113. The van der Waals surface area contributed by atoms with Crippen LogP contribution in [0.15, 0.2) is 28.6 Å². The van der Waals surface area contributed by atoms with Crippen molar-refractivity contribution < 1.29 is 9.59 Å². The van der Waals surface area contributed by atoms with Crippen LogP contribution in [0.3, 0.4) is 0 Å². The summed E-state index contributed by atoms with van der Waals surface area (Å²) in [5, 5.41) is 14.9. The van der Waals surface area contributed by atoms with E-state index in [0.29, 0.717) is 11.3 Å². The SMILES string of the molecule is CCCCNc1nnc(SCC(=O)Nc2ccc(C(C)=O)cc2)s1. The Hall–Kier alpha value is -1.93. The van der Waals surface area contributed by atoms with Gasteiger partial charge in [0.1, 0.15) is 0 Å². The van der Waals surface area contributed by atoms with Crippen molar-refractivity contribution in [1.82, 2.24) is 10.2 Å². The van der Waals surface area contributed by atoms with Crippen molar-refractivity contribution in [2.75, 3.05) is 22.9 Å². The highest BCUT2D eigenvalue weighted by atomic mass is 32.2. The first-order chi connectivity index (χ1) is 11.6. The Morgan fingerprint density at radius 1 is 1.21 bits per heavy atom. The average molecular weight is 364 g/mol. The fourth-order valence-corrected chi connectivity index (χ4v) is 3.40. The van der Waals surface area contributed by atoms with Gasteiger partial charge in [-0.25, -0.2) is 0 Å². The molecule has 8 heteroatoms. The molecule has 0 unspecified atom stereocenters. The molecule has 0 saturated carbocycles. The third-order valence-corrected chi connectivity index (χ3v) is 5.13. The number of rotatable bonds is 9. The Morgan fingerprint density at radius 3 is 2.62 bits per heavy atom. The number of carbonyl (C=O) groups is 2. The van der Waals surface area contributed by atoms with Gasteiger partial charge in [-0.2, -0.15) is 0 Å². The van der Waals surface area contributed by atoms with E-state index in [0.717, 1.165) is 28.9 Å². The quantitative estimate of drug-likeness (QED) is 0.401. The summed E-state index contributed by atoms with van der Waals surface area (Å²) in [5.41, 5.74) is 1.30. The van der Waals surface area contributed by atoms with Gasteiger partial charge >= 0.3 is 0 Å². The van der Waals surface area contributed by atoms with E-state index in [9.17, 15) is 9.59 Å². The number of thioether (sulfide) groups is 1. The fourth-order valence-electron chi connectivity index (χ4n) is 1.82. The van der Waals surface area contributed by atoms with E-state index in [1.54, 1.807) is 24.3 Å². The molecule has 128 valence electrons. The Labute approximate surface area is 149 Å². The van der Waals surface area contributed by atoms with Crippen LogP contribution in [0.5, 0.6) is 0 Å². The first-order valence-corrected chi connectivity index (χ1v) is 9.49. The number of ketones is 1. The molecule has 0 aliphatic rings. The molecule has 0 fully saturated rings. The third kappa shape index (κ3) is 5.93. The van der Waals surface area contributed by atoms with Crippen LogP contribution in [-0.2, 0) is 4.79 Å². The second-order valence-electron chi connectivity index (χ2n) is 5.12. The van der Waals surface area contributed by atoms with E-state index in [-0.39, 0.29) is 17.4 Å². The molecule has 2 N–H and O–H groups in total. The van der Waals surface area contributed by atoms with Gasteiger partial charge in [0.25, 0.3) is 0 Å². The molecule has 0 saturated heterocycles. The van der Waals surface area contributed by atoms with Crippen molar-refractivity contribution in [3.63, 3.8) is 0 Å². The molecule has 0 spiro atoms. The molecule has 1 heterocycles. The normalized spacial score (nSPS) is 10.4. The van der Waals surface area contributed by atoms with Crippen LogP contribution in [0.4, 0.5) is 10.8 Å². The van der Waals surface area contributed by atoms with E-state index in [1.165, 1.54) is 30.0 Å². The van der Waals surface area contributed by atoms with E-state index >= 15 is 0 Å². The predicted octanol–water partition coefficient (Wildman–Crippen LogP) is 3.68. The van der Waals surface area contributed by atoms with Crippen LogP contribution in [-0.4, -0.2) is 34.2 Å². The lowest BCUT2D eigenvalue weighted by Gasteiger charge is -2.04. The highest BCUT2D eigenvalue weighted by Crippen LogP contribution is 2.25. The Morgan fingerprint density at radius 2 is 1.96 bits per heavy atom. The van der Waals surface area contributed by atoms with Crippen molar-refractivity contribution in [1.29, 1.82) is 0 Å². The Bertz CT molecular complexity index is 686. The van der Waals surface area contributed by atoms with Crippen molar-refractivity contribution in [2.45, 2.75) is 31.0 Å². The fraction of sp³-hybridized carbons (Fsp3) is 0.375. The van der Waals surface area contributed by atoms with E-state index in [2.05, 4.69) is 27.8 Å². The topological polar surface area (TPSA) is 84.0 Å². The summed E-state index contributed by atoms with van der Waals surface area (Å²) >= 11 is 2.80. The Balaban J connectivity index is 1.77. The second-order valence-corrected chi connectivity index (χ2v) is 7.32. The zero-order chi connectivity index (χ0) is 17.4. The Kier molecular flexibility index (Phi) is 7.20. The summed E-state index contributed by atoms with van der Waals surface area (Å²) in [6.45, 7) is 4.53. The van der Waals surface area contributed by atoms with Crippen molar-refractivity contribution >= 4 is 45.6 Å².